The molecule has 4 amide bonds. The average molecular weight is 491 g/mol. The summed E-state index contributed by atoms with van der Waals surface area (Å²) in [6, 6.07) is 14.4. The molecular weight excluding hydrogens is 469 g/mol. The van der Waals surface area contributed by atoms with Crippen molar-refractivity contribution in [3.8, 4) is 0 Å². The molecule has 0 bridgehead atoms. The van der Waals surface area contributed by atoms with E-state index in [2.05, 4.69) is 40.1 Å². The molecular formula is C21H22IN3O3. The van der Waals surface area contributed by atoms with Crippen molar-refractivity contribution in [3.05, 3.63) is 63.2 Å². The number of nitrogens with one attached hydrogen (secondary N) is 2. The van der Waals surface area contributed by atoms with Crippen LogP contribution in [0.4, 0.5) is 10.5 Å². The van der Waals surface area contributed by atoms with Gasteiger partial charge in [-0.2, -0.15) is 0 Å². The highest BCUT2D eigenvalue weighted by atomic mass is 127. The molecule has 1 atom stereocenters. The molecule has 1 heterocycles. The smallest absolute Gasteiger partial charge is 0.324 e. The van der Waals surface area contributed by atoms with Gasteiger partial charge in [0.1, 0.15) is 12.1 Å². The largest absolute Gasteiger partial charge is 0.325 e. The van der Waals surface area contributed by atoms with Gasteiger partial charge in [0.15, 0.2) is 0 Å². The molecule has 0 spiro atoms. The quantitative estimate of drug-likeness (QED) is 0.479. The summed E-state index contributed by atoms with van der Waals surface area (Å²) in [5.74, 6) is -0.853. The molecule has 146 valence electrons. The van der Waals surface area contributed by atoms with Crippen LogP contribution in [-0.2, 0) is 21.5 Å². The molecule has 1 saturated heterocycles. The van der Waals surface area contributed by atoms with Gasteiger partial charge in [0.2, 0.25) is 5.91 Å². The summed E-state index contributed by atoms with van der Waals surface area (Å²) >= 11 is 2.11. The van der Waals surface area contributed by atoms with Crippen LogP contribution in [0.15, 0.2) is 48.5 Å². The molecule has 2 aromatic rings. The molecule has 7 heteroatoms. The van der Waals surface area contributed by atoms with E-state index in [-0.39, 0.29) is 6.54 Å². The third-order valence-electron chi connectivity index (χ3n) is 4.79. The van der Waals surface area contributed by atoms with Crippen molar-refractivity contribution in [3.63, 3.8) is 0 Å². The van der Waals surface area contributed by atoms with Gasteiger partial charge in [-0.3, -0.25) is 14.5 Å². The zero-order valence-electron chi connectivity index (χ0n) is 15.8. The maximum atomic E-state index is 13.0. The van der Waals surface area contributed by atoms with Gasteiger partial charge in [-0.05, 0) is 59.2 Å². The highest BCUT2D eigenvalue weighted by Gasteiger charge is 2.49. The van der Waals surface area contributed by atoms with E-state index in [9.17, 15) is 14.4 Å². The van der Waals surface area contributed by atoms with E-state index >= 15 is 0 Å². The lowest BCUT2D eigenvalue weighted by Crippen LogP contribution is -2.42. The Labute approximate surface area is 177 Å². The fraction of sp³-hybridized carbons (Fsp3) is 0.286. The van der Waals surface area contributed by atoms with Crippen LogP contribution in [0, 0.1) is 3.57 Å². The van der Waals surface area contributed by atoms with Crippen molar-refractivity contribution < 1.29 is 14.4 Å². The van der Waals surface area contributed by atoms with Gasteiger partial charge in [-0.15, -0.1) is 0 Å². The lowest BCUT2D eigenvalue weighted by Gasteiger charge is -2.22. The van der Waals surface area contributed by atoms with Crippen LogP contribution in [0.2, 0.25) is 0 Å². The summed E-state index contributed by atoms with van der Waals surface area (Å²) in [4.78, 5) is 38.7. The Morgan fingerprint density at radius 1 is 1.14 bits per heavy atom. The van der Waals surface area contributed by atoms with Crippen molar-refractivity contribution in [2.75, 3.05) is 11.9 Å². The Balaban J connectivity index is 1.73. The van der Waals surface area contributed by atoms with Crippen LogP contribution in [0.1, 0.15) is 31.4 Å². The summed E-state index contributed by atoms with van der Waals surface area (Å²) in [7, 11) is 0. The Kier molecular flexibility index (Phi) is 6.02. The van der Waals surface area contributed by atoms with Crippen LogP contribution < -0.4 is 10.6 Å². The second-order valence-electron chi connectivity index (χ2n) is 6.92. The molecule has 2 aromatic carbocycles. The topological polar surface area (TPSA) is 78.5 Å². The second kappa shape index (κ2) is 8.30. The lowest BCUT2D eigenvalue weighted by atomic mass is 9.91. The van der Waals surface area contributed by atoms with E-state index in [4.69, 9.17) is 0 Å². The first-order valence-corrected chi connectivity index (χ1v) is 10.2. The molecule has 1 aliphatic heterocycles. The lowest BCUT2D eigenvalue weighted by molar-refractivity contribution is -0.133. The van der Waals surface area contributed by atoms with Crippen molar-refractivity contribution in [1.29, 1.82) is 0 Å². The van der Waals surface area contributed by atoms with Gasteiger partial charge >= 0.3 is 6.03 Å². The third-order valence-corrected chi connectivity index (χ3v) is 5.74. The van der Waals surface area contributed by atoms with Crippen molar-refractivity contribution in [1.82, 2.24) is 10.2 Å². The minimum absolute atomic E-state index is 0.334. The highest BCUT2D eigenvalue weighted by Crippen LogP contribution is 2.29. The van der Waals surface area contributed by atoms with Crippen molar-refractivity contribution in [2.24, 2.45) is 0 Å². The second-order valence-corrected chi connectivity index (χ2v) is 8.08. The average Bonchev–Trinajstić information content (AvgIpc) is 2.88. The number of nitrogens with zero attached hydrogens (tertiary/aromatic N) is 1. The zero-order valence-corrected chi connectivity index (χ0v) is 17.9. The number of hydrogen-bond donors (Lipinski definition) is 2. The van der Waals surface area contributed by atoms with Crippen LogP contribution in [0.3, 0.4) is 0 Å². The van der Waals surface area contributed by atoms with Crippen LogP contribution in [0.5, 0.6) is 0 Å². The SMILES string of the molecule is CCCc1ccc(C2(C)NC(=O)N(CC(=O)Nc3ccccc3I)C2=O)cc1. The summed E-state index contributed by atoms with van der Waals surface area (Å²) in [6.45, 7) is 3.44. The molecule has 0 aliphatic carbocycles. The number of carbonyl (C=O) groups is 3. The van der Waals surface area contributed by atoms with Gasteiger partial charge < -0.3 is 10.6 Å². The number of amides is 4. The Morgan fingerprint density at radius 2 is 1.82 bits per heavy atom. The first kappa shape index (κ1) is 20.3. The van der Waals surface area contributed by atoms with Crippen LogP contribution in [0.25, 0.3) is 0 Å². The number of benzene rings is 2. The van der Waals surface area contributed by atoms with Gasteiger partial charge in [-0.25, -0.2) is 4.79 Å². The fourth-order valence-corrected chi connectivity index (χ4v) is 3.75. The van der Waals surface area contributed by atoms with Crippen molar-refractivity contribution >= 4 is 46.1 Å². The van der Waals surface area contributed by atoms with E-state index in [1.54, 1.807) is 13.0 Å². The summed E-state index contributed by atoms with van der Waals surface area (Å²) < 4.78 is 0.877. The minimum atomic E-state index is -1.18. The van der Waals surface area contributed by atoms with E-state index in [1.807, 2.05) is 42.5 Å². The standard InChI is InChI=1S/C21H22IN3O3/c1-3-6-14-9-11-15(12-10-14)21(2)19(27)25(20(28)24-21)13-18(26)23-17-8-5-4-7-16(17)22/h4-5,7-12H,3,6,13H2,1-2H3,(H,23,26)(H,24,28). The monoisotopic (exact) mass is 491 g/mol. The first-order chi connectivity index (χ1) is 13.3. The Morgan fingerprint density at radius 3 is 2.46 bits per heavy atom. The normalized spacial score (nSPS) is 18.9. The molecule has 2 N–H and O–H groups in total. The Bertz CT molecular complexity index is 913. The van der Waals surface area contributed by atoms with Crippen LogP contribution in [-0.4, -0.2) is 29.3 Å². The molecule has 1 unspecified atom stereocenters. The molecule has 3 rings (SSSR count). The van der Waals surface area contributed by atoms with Crippen molar-refractivity contribution in [2.45, 2.75) is 32.2 Å². The Hall–Kier alpha value is -2.42. The maximum Gasteiger partial charge on any atom is 0.325 e. The molecule has 1 fully saturated rings. The van der Waals surface area contributed by atoms with E-state index in [1.165, 1.54) is 5.56 Å². The predicted molar refractivity (Wildman–Crippen MR) is 116 cm³/mol. The zero-order chi connectivity index (χ0) is 20.3. The summed E-state index contributed by atoms with van der Waals surface area (Å²) in [5.41, 5.74) is 1.35. The van der Waals surface area contributed by atoms with Gasteiger partial charge in [0.25, 0.3) is 5.91 Å². The molecule has 0 radical (unpaired) electrons. The highest BCUT2D eigenvalue weighted by molar-refractivity contribution is 14.1. The molecule has 6 nitrogen and oxygen atoms in total. The van der Waals surface area contributed by atoms with Gasteiger partial charge in [0, 0.05) is 3.57 Å². The molecule has 0 saturated carbocycles. The number of hydrogen-bond acceptors (Lipinski definition) is 3. The molecule has 0 aromatic heterocycles. The number of halogens is 1. The fourth-order valence-electron chi connectivity index (χ4n) is 3.23. The minimum Gasteiger partial charge on any atom is -0.324 e. The first-order valence-electron chi connectivity index (χ1n) is 9.13. The van der Waals surface area contributed by atoms with E-state index in [0.29, 0.717) is 11.3 Å². The number of carbonyl (C=O) groups excluding carboxylic acids is 3. The predicted octanol–water partition coefficient (Wildman–Crippen LogP) is 3.65. The molecule has 1 aliphatic rings. The number of anilines is 1. The molecule has 28 heavy (non-hydrogen) atoms. The number of aryl methyl sites for hydroxylation is 1. The van der Waals surface area contributed by atoms with E-state index < -0.39 is 23.4 Å². The third kappa shape index (κ3) is 4.04. The summed E-state index contributed by atoms with van der Waals surface area (Å²) in [5, 5.41) is 5.48. The number of imide groups is 1. The van der Waals surface area contributed by atoms with Gasteiger partial charge in [0.05, 0.1) is 5.69 Å². The summed E-state index contributed by atoms with van der Waals surface area (Å²) in [6.07, 6.45) is 2.00. The number of para-hydroxylation sites is 1. The number of rotatable bonds is 6. The van der Waals surface area contributed by atoms with Gasteiger partial charge in [-0.1, -0.05) is 49.7 Å². The van der Waals surface area contributed by atoms with E-state index in [0.717, 1.165) is 21.3 Å². The number of urea groups is 1. The van der Waals surface area contributed by atoms with Crippen LogP contribution >= 0.6 is 22.6 Å². The maximum absolute atomic E-state index is 13.0.